The van der Waals surface area contributed by atoms with Crippen LogP contribution >= 0.6 is 0 Å². The molecule has 54 heavy (non-hydrogen) atoms. The summed E-state index contributed by atoms with van der Waals surface area (Å²) in [5.41, 5.74) is 7.23. The van der Waals surface area contributed by atoms with E-state index in [2.05, 4.69) is 31.0 Å². The topological polar surface area (TPSA) is 51.8 Å². The van der Waals surface area contributed by atoms with Crippen molar-refractivity contribution in [1.29, 1.82) is 0 Å². The van der Waals surface area contributed by atoms with Gasteiger partial charge in [0.25, 0.3) is 0 Å². The number of hydrogen-bond acceptors (Lipinski definition) is 4. The second-order valence-corrected chi connectivity index (χ2v) is 14.8. The molecule has 0 bridgehead atoms. The summed E-state index contributed by atoms with van der Waals surface area (Å²) in [7, 11) is 0. The Morgan fingerprint density at radius 2 is 1.50 bits per heavy atom. The molecule has 0 aliphatic heterocycles. The van der Waals surface area contributed by atoms with E-state index in [1.807, 2.05) is 82.3 Å². The molecule has 4 aromatic heterocycles. The molecule has 0 amide bonds. The zero-order valence-corrected chi connectivity index (χ0v) is 34.0. The number of pyridine rings is 3. The van der Waals surface area contributed by atoms with E-state index < -0.39 is 31.4 Å². The first kappa shape index (κ1) is 28.9. The average Bonchev–Trinajstić information content (AvgIpc) is 3.57. The fraction of sp³-hybridized carbons (Fsp3) is 0.327. The van der Waals surface area contributed by atoms with Gasteiger partial charge in [-0.25, -0.2) is 4.98 Å². The second-order valence-electron chi connectivity index (χ2n) is 14.8. The van der Waals surface area contributed by atoms with E-state index in [-0.39, 0.29) is 31.2 Å². The molecule has 0 saturated heterocycles. The third-order valence-electron chi connectivity index (χ3n) is 9.98. The number of aromatic nitrogens is 3. The molecule has 0 N–H and O–H groups in total. The summed E-state index contributed by atoms with van der Waals surface area (Å²) < 4.78 is 80.4. The van der Waals surface area contributed by atoms with Crippen LogP contribution in [0.25, 0.3) is 55.8 Å². The summed E-state index contributed by atoms with van der Waals surface area (Å²) >= 11 is 0. The van der Waals surface area contributed by atoms with Crippen molar-refractivity contribution in [2.45, 2.75) is 92.2 Å². The molecule has 1 aliphatic rings. The largest absolute Gasteiger partial charge is 0.486 e. The molecule has 1 saturated carbocycles. The maximum absolute atomic E-state index is 9.37. The molecule has 4 nitrogen and oxygen atoms in total. The summed E-state index contributed by atoms with van der Waals surface area (Å²) in [6, 6.07) is 31.9. The van der Waals surface area contributed by atoms with Crippen molar-refractivity contribution < 1.29 is 36.9 Å². The van der Waals surface area contributed by atoms with E-state index in [0.717, 1.165) is 45.1 Å². The third kappa shape index (κ3) is 8.28. The van der Waals surface area contributed by atoms with Gasteiger partial charge in [0.15, 0.2) is 0 Å². The number of aryl methyl sites for hydroxylation is 2. The smallest absolute Gasteiger partial charge is 0.216 e. The molecular formula is C49H51IrN3O-2. The second kappa shape index (κ2) is 16.9. The van der Waals surface area contributed by atoms with Crippen LogP contribution in [0.15, 0.2) is 102 Å². The molecule has 1 fully saturated rings. The third-order valence-corrected chi connectivity index (χ3v) is 9.98. The molecule has 2 atom stereocenters. The monoisotopic (exact) mass is 899 g/mol. The van der Waals surface area contributed by atoms with Crippen molar-refractivity contribution in [3.05, 3.63) is 137 Å². The van der Waals surface area contributed by atoms with Gasteiger partial charge in [0, 0.05) is 55.8 Å². The first-order valence-electron chi connectivity index (χ1n) is 22.8. The van der Waals surface area contributed by atoms with Crippen LogP contribution in [-0.4, -0.2) is 15.0 Å². The Balaban J connectivity index is 0.000000327. The minimum atomic E-state index is -2.43. The Kier molecular flexibility index (Phi) is 9.07. The van der Waals surface area contributed by atoms with Crippen LogP contribution in [0, 0.1) is 37.7 Å². The van der Waals surface area contributed by atoms with Gasteiger partial charge in [-0.3, -0.25) is 0 Å². The number of fused-ring (bicyclic) bond motifs is 3. The summed E-state index contributed by atoms with van der Waals surface area (Å²) in [4.78, 5) is 13.8. The van der Waals surface area contributed by atoms with Crippen LogP contribution in [0.3, 0.4) is 0 Å². The molecule has 2 unspecified atom stereocenters. The Labute approximate surface area is 347 Å². The molecule has 7 aromatic rings. The predicted octanol–water partition coefficient (Wildman–Crippen LogP) is 13.5. The van der Waals surface area contributed by atoms with Gasteiger partial charge in [0.1, 0.15) is 0 Å². The van der Waals surface area contributed by atoms with E-state index >= 15 is 0 Å². The molecule has 279 valence electrons. The minimum Gasteiger partial charge on any atom is -0.486 e. The van der Waals surface area contributed by atoms with Crippen molar-refractivity contribution in [2.75, 3.05) is 0 Å². The molecule has 8 rings (SSSR count). The van der Waals surface area contributed by atoms with Crippen LogP contribution in [-0.2, 0) is 20.1 Å². The molecule has 0 spiro atoms. The van der Waals surface area contributed by atoms with Crippen LogP contribution in [0.2, 0.25) is 0 Å². The van der Waals surface area contributed by atoms with Crippen LogP contribution < -0.4 is 0 Å². The molecular weight excluding hydrogens is 839 g/mol. The Morgan fingerprint density at radius 1 is 0.759 bits per heavy atom. The maximum atomic E-state index is 9.37. The average molecular weight is 899 g/mol. The Bertz CT molecular complexity index is 2680. The fourth-order valence-electron chi connectivity index (χ4n) is 7.59. The van der Waals surface area contributed by atoms with Crippen LogP contribution in [0.1, 0.15) is 119 Å². The SMILES string of the molecule is [2H]C([2H])([2H])c1cc(-c2[c-]ccc3c2oc2nc(-c4c(C([2H])(C)C)cccc4C([2H])(C)C)ccc23)ncc1C1([2H])CC(C)CC(C)C1.[2H]C([2H])([2H])c1ccc(-c2[c-]cccc2)nc1.[Ir]. The maximum Gasteiger partial charge on any atom is 0.216 e. The summed E-state index contributed by atoms with van der Waals surface area (Å²) in [5, 5.41) is 1.58. The van der Waals surface area contributed by atoms with Crippen molar-refractivity contribution >= 4 is 22.1 Å². The van der Waals surface area contributed by atoms with Gasteiger partial charge >= 0.3 is 0 Å². The van der Waals surface area contributed by atoms with Crippen molar-refractivity contribution in [2.24, 2.45) is 11.8 Å². The normalized spacial score (nSPS) is 21.7. The Morgan fingerprint density at radius 3 is 2.15 bits per heavy atom. The van der Waals surface area contributed by atoms with Gasteiger partial charge in [-0.1, -0.05) is 94.5 Å². The predicted molar refractivity (Wildman–Crippen MR) is 220 cm³/mol. The summed E-state index contributed by atoms with van der Waals surface area (Å²) in [5.74, 6) is -2.22. The van der Waals surface area contributed by atoms with Gasteiger partial charge < -0.3 is 14.4 Å². The van der Waals surface area contributed by atoms with Crippen LogP contribution in [0.5, 0.6) is 0 Å². The number of nitrogens with zero attached hydrogens (tertiary/aromatic N) is 3. The first-order chi connectivity index (χ1) is 28.9. The fourth-order valence-corrected chi connectivity index (χ4v) is 7.59. The standard InChI is InChI=1S/C37H41N2O.C12H10N.Ir/c1-21(2)27-10-8-11-28(22(3)4)35(27)33-15-14-30-29-12-9-13-31(36(29)40-37(30)39-33)34-19-25(7)32(20-38-34)26-17-23(5)16-24(6)18-26;1-10-7-8-12(13-9-10)11-5-3-2-4-6-11;/h8-12,14-15,19-24,26H,16-18H2,1-7H3;2-5,7-9H,1H3;/q2*-1;/i7D3,21D,22D,26D;1D3;. The van der Waals surface area contributed by atoms with Gasteiger partial charge in [0.05, 0.1) is 11.3 Å². The molecule has 1 radical (unpaired) electrons. The molecule has 5 heteroatoms. The zero-order chi connectivity index (χ0) is 45.0. The van der Waals surface area contributed by atoms with E-state index in [0.29, 0.717) is 58.5 Å². The minimum absolute atomic E-state index is 0. The van der Waals surface area contributed by atoms with Crippen LogP contribution in [0.4, 0.5) is 0 Å². The first-order valence-corrected chi connectivity index (χ1v) is 18.3. The van der Waals surface area contributed by atoms with Gasteiger partial charge in [0.2, 0.25) is 5.71 Å². The van der Waals surface area contributed by atoms with Gasteiger partial charge in [-0.2, -0.15) is 0 Å². The molecule has 4 heterocycles. The summed E-state index contributed by atoms with van der Waals surface area (Å²) in [6.45, 7) is 7.07. The number of hydrogen-bond donors (Lipinski definition) is 0. The molecule has 3 aromatic carbocycles. The van der Waals surface area contributed by atoms with E-state index in [1.54, 1.807) is 36.5 Å². The van der Waals surface area contributed by atoms with E-state index in [4.69, 9.17) is 25.4 Å². The summed E-state index contributed by atoms with van der Waals surface area (Å²) in [6.07, 6.45) is 5.21. The van der Waals surface area contributed by atoms with E-state index in [1.165, 1.54) is 6.20 Å². The number of furan rings is 1. The zero-order valence-electron chi connectivity index (χ0n) is 40.6. The quantitative estimate of drug-likeness (QED) is 0.156. The van der Waals surface area contributed by atoms with Gasteiger partial charge in [-0.05, 0) is 108 Å². The van der Waals surface area contributed by atoms with Crippen molar-refractivity contribution in [3.63, 3.8) is 0 Å². The number of rotatable bonds is 6. The van der Waals surface area contributed by atoms with Crippen molar-refractivity contribution in [3.8, 4) is 33.8 Å². The number of benzene rings is 3. The molecule has 1 aliphatic carbocycles. The van der Waals surface area contributed by atoms with Gasteiger partial charge in [-0.15, -0.1) is 54.1 Å². The van der Waals surface area contributed by atoms with E-state index in [9.17, 15) is 1.37 Å². The van der Waals surface area contributed by atoms with Crippen molar-refractivity contribution in [1.82, 2.24) is 15.0 Å². The Hall–Kier alpha value is -4.44.